The Labute approximate surface area is 204 Å². The van der Waals surface area contributed by atoms with Crippen molar-refractivity contribution in [2.45, 2.75) is 56.2 Å². The number of fused-ring (bicyclic) bond motifs is 1. The van der Waals surface area contributed by atoms with E-state index in [2.05, 4.69) is 35.5 Å². The van der Waals surface area contributed by atoms with Crippen LogP contribution in [0.4, 0.5) is 38.5 Å². The molecule has 4 fully saturated rings. The zero-order valence-corrected chi connectivity index (χ0v) is 18.9. The van der Waals surface area contributed by atoms with Crippen LogP contribution in [0, 0.1) is 11.7 Å². The van der Waals surface area contributed by atoms with Crippen molar-refractivity contribution in [3.8, 4) is 0 Å². The maximum atomic E-state index is 15.0. The molecule has 7 rings (SSSR count). The van der Waals surface area contributed by atoms with Crippen LogP contribution in [0.2, 0.25) is 0 Å². The predicted octanol–water partition coefficient (Wildman–Crippen LogP) is 3.43. The van der Waals surface area contributed by atoms with Crippen molar-refractivity contribution in [3.63, 3.8) is 0 Å². The van der Waals surface area contributed by atoms with Crippen molar-refractivity contribution in [1.29, 1.82) is 0 Å². The first-order chi connectivity index (χ1) is 17.6. The van der Waals surface area contributed by atoms with E-state index in [1.165, 1.54) is 6.07 Å². The quantitative estimate of drug-likeness (QED) is 0.398. The molecular weight excluding hydrogens is 509 g/mol. The van der Waals surface area contributed by atoms with Crippen molar-refractivity contribution < 1.29 is 41.0 Å². The van der Waals surface area contributed by atoms with Crippen molar-refractivity contribution in [2.24, 2.45) is 5.92 Å². The number of ether oxygens (including phenoxy) is 3. The van der Waals surface area contributed by atoms with Gasteiger partial charge in [-0.25, -0.2) is 23.5 Å². The number of alkyl halides is 4. The summed E-state index contributed by atoms with van der Waals surface area (Å²) in [6.45, 7) is -1.06. The number of hydrogen-bond donors (Lipinski definition) is 3. The predicted molar refractivity (Wildman–Crippen MR) is 113 cm³/mol. The first-order valence-electron chi connectivity index (χ1n) is 11.4. The molecule has 2 bridgehead atoms. The molecule has 1 amide bonds. The maximum Gasteiger partial charge on any atom is 0.522 e. The van der Waals surface area contributed by atoms with Gasteiger partial charge >= 0.3 is 12.5 Å². The highest BCUT2D eigenvalue weighted by Gasteiger charge is 2.58. The van der Waals surface area contributed by atoms with Crippen LogP contribution in [0.1, 0.15) is 36.8 Å². The molecule has 3 aromatic rings. The van der Waals surface area contributed by atoms with Crippen LogP contribution in [0.5, 0.6) is 0 Å². The minimum absolute atomic E-state index is 0.0177. The van der Waals surface area contributed by atoms with Crippen LogP contribution in [0.15, 0.2) is 18.5 Å². The van der Waals surface area contributed by atoms with Crippen LogP contribution in [0.3, 0.4) is 0 Å². The Hall–Kier alpha value is -3.53. The number of nitrogens with zero attached hydrogens (tertiary/aromatic N) is 4. The number of H-pyrrole nitrogens is 1. The molecule has 3 aromatic heterocycles. The summed E-state index contributed by atoms with van der Waals surface area (Å²) in [7, 11) is 0. The topological polar surface area (TPSA) is 128 Å². The number of halogens is 5. The van der Waals surface area contributed by atoms with E-state index in [0.29, 0.717) is 5.92 Å². The van der Waals surface area contributed by atoms with E-state index >= 15 is 4.39 Å². The molecule has 11 nitrogen and oxygen atoms in total. The number of nitrogens with one attached hydrogen (secondary N) is 3. The van der Waals surface area contributed by atoms with E-state index in [1.54, 1.807) is 0 Å². The monoisotopic (exact) mass is 529 g/mol. The molecule has 0 spiro atoms. The highest BCUT2D eigenvalue weighted by molar-refractivity contribution is 5.69. The molecule has 0 aromatic carbocycles. The van der Waals surface area contributed by atoms with Gasteiger partial charge in [-0.05, 0) is 25.2 Å². The van der Waals surface area contributed by atoms with Crippen LogP contribution >= 0.6 is 0 Å². The zero-order chi connectivity index (χ0) is 25.9. The molecule has 16 heteroatoms. The fraction of sp³-hybridized carbons (Fsp3) is 0.524. The lowest BCUT2D eigenvalue weighted by molar-refractivity contribution is -0.330. The Balaban J connectivity index is 1.11. The highest BCUT2D eigenvalue weighted by Crippen LogP contribution is 2.57. The van der Waals surface area contributed by atoms with Gasteiger partial charge in [-0.2, -0.15) is 5.10 Å². The number of hydrogen-bond acceptors (Lipinski definition) is 8. The number of aromatic amines is 1. The largest absolute Gasteiger partial charge is 0.522 e. The lowest BCUT2D eigenvalue weighted by atomic mass is 9.50. The van der Waals surface area contributed by atoms with Gasteiger partial charge in [-0.3, -0.25) is 14.2 Å². The third-order valence-electron chi connectivity index (χ3n) is 6.77. The van der Waals surface area contributed by atoms with Gasteiger partial charge in [0.05, 0.1) is 30.8 Å². The maximum absolute atomic E-state index is 15.0. The number of imidazole rings is 1. The van der Waals surface area contributed by atoms with Crippen LogP contribution in [-0.4, -0.2) is 61.4 Å². The summed E-state index contributed by atoms with van der Waals surface area (Å²) in [5, 5.41) is 12.2. The van der Waals surface area contributed by atoms with E-state index in [-0.39, 0.29) is 40.9 Å². The normalized spacial score (nSPS) is 28.6. The molecule has 1 unspecified atom stereocenters. The van der Waals surface area contributed by atoms with Gasteiger partial charge in [0.1, 0.15) is 6.10 Å². The van der Waals surface area contributed by atoms with Gasteiger partial charge in [-0.1, -0.05) is 0 Å². The van der Waals surface area contributed by atoms with Crippen LogP contribution in [0.25, 0.3) is 5.65 Å². The molecule has 0 radical (unpaired) electrons. The molecule has 4 heterocycles. The molecular formula is C21H20F5N7O4. The number of anilines is 2. The van der Waals surface area contributed by atoms with Crippen LogP contribution < -0.4 is 10.6 Å². The number of carbonyl (C=O) groups excluding carboxylic acids is 1. The van der Waals surface area contributed by atoms with Gasteiger partial charge in [0.15, 0.2) is 29.6 Å². The lowest BCUT2D eigenvalue weighted by Gasteiger charge is -2.61. The SMILES string of the molecule is O=C(NC12CC(C1)C2)OC1CO[C@H](c2cc(Nc3ncc(F)c4nc(COC(F)(F)F)cn34)n[nH]2)[C@H]1F. The zero-order valence-electron chi connectivity index (χ0n) is 18.9. The Morgan fingerprint density at radius 2 is 2.11 bits per heavy atom. The van der Waals surface area contributed by atoms with E-state index in [0.717, 1.165) is 36.1 Å². The summed E-state index contributed by atoms with van der Waals surface area (Å²) in [4.78, 5) is 19.8. The lowest BCUT2D eigenvalue weighted by Crippen LogP contribution is -2.68. The first kappa shape index (κ1) is 23.8. The molecule has 3 saturated carbocycles. The minimum atomic E-state index is -4.87. The highest BCUT2D eigenvalue weighted by atomic mass is 19.4. The Morgan fingerprint density at radius 3 is 2.81 bits per heavy atom. The number of rotatable bonds is 7. The third-order valence-corrected chi connectivity index (χ3v) is 6.77. The van der Waals surface area contributed by atoms with Crippen LogP contribution in [-0.2, 0) is 20.8 Å². The Bertz CT molecular complexity index is 1330. The first-order valence-corrected chi connectivity index (χ1v) is 11.4. The second-order valence-corrected chi connectivity index (χ2v) is 9.45. The Kier molecular flexibility index (Phi) is 5.48. The molecule has 3 N–H and O–H groups in total. The van der Waals surface area contributed by atoms with Crippen molar-refractivity contribution in [1.82, 2.24) is 29.9 Å². The summed E-state index contributed by atoms with van der Waals surface area (Å²) >= 11 is 0. The van der Waals surface area contributed by atoms with E-state index in [9.17, 15) is 22.4 Å². The number of alkyl carbamates (subject to hydrolysis) is 1. The summed E-state index contributed by atoms with van der Waals surface area (Å²) < 4.78 is 81.7. The third kappa shape index (κ3) is 4.54. The standard InChI is InChI=1S/C21H20F5N7O4/c22-11-5-27-18(33-6-10(28-17(11)33)7-36-21(24,25)26)29-14-1-12(31-32-14)16-15(23)13(8-35-16)37-19(34)30-20-2-9(3-20)4-20/h1,5-6,9,13,15-16H,2-4,7-8H2,(H,30,34)(H2,27,29,31,32)/t9?,13?,15-,16+,20?/m0/s1. The summed E-state index contributed by atoms with van der Waals surface area (Å²) in [5.41, 5.74) is -0.422. The Morgan fingerprint density at radius 1 is 1.32 bits per heavy atom. The van der Waals surface area contributed by atoms with Gasteiger partial charge in [0.2, 0.25) is 5.95 Å². The van der Waals surface area contributed by atoms with Gasteiger partial charge in [-0.15, -0.1) is 13.2 Å². The number of amides is 1. The van der Waals surface area contributed by atoms with Gasteiger partial charge in [0.25, 0.3) is 0 Å². The average Bonchev–Trinajstić information content (AvgIpc) is 3.50. The van der Waals surface area contributed by atoms with Gasteiger partial charge < -0.3 is 20.1 Å². The second kappa shape index (κ2) is 8.51. The second-order valence-electron chi connectivity index (χ2n) is 9.45. The van der Waals surface area contributed by atoms with Gasteiger partial charge in [0, 0.05) is 17.8 Å². The fourth-order valence-electron chi connectivity index (χ4n) is 4.93. The van der Waals surface area contributed by atoms with E-state index < -0.39 is 43.3 Å². The summed E-state index contributed by atoms with van der Waals surface area (Å²) in [5.74, 6) is -0.0816. The molecule has 3 atom stereocenters. The summed E-state index contributed by atoms with van der Waals surface area (Å²) in [6.07, 6.45) is -4.66. The average molecular weight is 529 g/mol. The van der Waals surface area contributed by atoms with E-state index in [4.69, 9.17) is 9.47 Å². The molecule has 1 saturated heterocycles. The number of carbonyl (C=O) groups is 1. The smallest absolute Gasteiger partial charge is 0.441 e. The molecule has 37 heavy (non-hydrogen) atoms. The van der Waals surface area contributed by atoms with Crippen molar-refractivity contribution >= 4 is 23.5 Å². The van der Waals surface area contributed by atoms with Crippen molar-refractivity contribution in [3.05, 3.63) is 35.7 Å². The fourth-order valence-corrected chi connectivity index (χ4v) is 4.93. The molecule has 198 valence electrons. The minimum Gasteiger partial charge on any atom is -0.441 e. The number of aromatic nitrogens is 5. The van der Waals surface area contributed by atoms with E-state index in [1.807, 2.05) is 0 Å². The molecule has 1 aliphatic heterocycles. The molecule has 3 aliphatic carbocycles. The summed E-state index contributed by atoms with van der Waals surface area (Å²) in [6, 6.07) is 1.42. The van der Waals surface area contributed by atoms with Crippen molar-refractivity contribution in [2.75, 3.05) is 11.9 Å². The molecule has 4 aliphatic rings.